The third-order valence-corrected chi connectivity index (χ3v) is 7.74. The van der Waals surface area contributed by atoms with Crippen molar-refractivity contribution in [2.45, 2.75) is 57.4 Å². The Kier molecular flexibility index (Phi) is 36.1. The molecule has 0 fully saturated rings. The predicted octanol–water partition coefficient (Wildman–Crippen LogP) is -3.04. The number of hydrogen-bond donors (Lipinski definition) is 14. The summed E-state index contributed by atoms with van der Waals surface area (Å²) < 4.78 is 0. The molecule has 18 heteroatoms. The van der Waals surface area contributed by atoms with Crippen LogP contribution in [-0.2, 0) is 27.5 Å². The number of carbonyl (C=O) groups is 3. The maximum absolute atomic E-state index is 12.3. The fourth-order valence-electron chi connectivity index (χ4n) is 4.08. The van der Waals surface area contributed by atoms with Crippen LogP contribution in [0.3, 0.4) is 0 Å². The zero-order valence-electron chi connectivity index (χ0n) is 30.9. The topological polar surface area (TPSA) is 319 Å². The molecule has 18 nitrogen and oxygen atoms in total. The molecule has 0 heterocycles. The molecule has 3 amide bonds. The number of aliphatic hydroxyl groups is 10. The number of nitrogens with zero attached hydrogens (tertiary/aromatic N) is 1. The standard InChI is InChI=1S/C21H35N3O8.C7H13NO4.C7H9N.CH4O.2CH4/c25-11-20(12-26,13-27)22-18(31)6-8-24(10-17-4-2-1-3-5-17)9-7-19(32)23-21(14-28,15-29)16-30;1-2-6(12)8-7(3-9,4-10)5-11;8-6-7-4-2-1-3-5-7;1-2;;/h1-5,25-30H,6-16H2,(H,22,31)(H,23,32);2,9-11H,1,3-5H2,(H,8,12);1-5H,6,8H2;2H,1H3;2*1H4. The summed E-state index contributed by atoms with van der Waals surface area (Å²) in [5, 5.41) is 96.5. The average Bonchev–Trinajstić information content (AvgIpc) is 3.24. The van der Waals surface area contributed by atoms with Gasteiger partial charge in [0.15, 0.2) is 0 Å². The van der Waals surface area contributed by atoms with Crippen LogP contribution < -0.4 is 21.7 Å². The summed E-state index contributed by atoms with van der Waals surface area (Å²) in [6.07, 6.45) is 0.976. The van der Waals surface area contributed by atoms with Crippen molar-refractivity contribution in [3.05, 3.63) is 84.4 Å². The highest BCUT2D eigenvalue weighted by Crippen LogP contribution is 2.09. The van der Waals surface area contributed by atoms with E-state index >= 15 is 0 Å². The molecule has 0 aliphatic carbocycles. The van der Waals surface area contributed by atoms with Gasteiger partial charge >= 0.3 is 0 Å². The second-order valence-electron chi connectivity index (χ2n) is 12.0. The molecule has 56 heavy (non-hydrogen) atoms. The number of nitrogens with one attached hydrogen (secondary N) is 3. The van der Waals surface area contributed by atoms with Gasteiger partial charge in [0.1, 0.15) is 16.6 Å². The molecular weight excluding hydrogens is 734 g/mol. The maximum Gasteiger partial charge on any atom is 0.244 e. The van der Waals surface area contributed by atoms with E-state index in [2.05, 4.69) is 22.5 Å². The van der Waals surface area contributed by atoms with Crippen LogP contribution in [0.4, 0.5) is 0 Å². The van der Waals surface area contributed by atoms with E-state index in [4.69, 9.17) is 26.2 Å². The Labute approximate surface area is 330 Å². The quantitative estimate of drug-likeness (QED) is 0.0527. The van der Waals surface area contributed by atoms with Gasteiger partial charge in [0.2, 0.25) is 17.7 Å². The number of rotatable bonds is 22. The van der Waals surface area contributed by atoms with Crippen LogP contribution in [0.25, 0.3) is 0 Å². The van der Waals surface area contributed by atoms with Crippen molar-refractivity contribution >= 4 is 17.7 Å². The van der Waals surface area contributed by atoms with Crippen molar-refractivity contribution < 1.29 is 65.4 Å². The third-order valence-electron chi connectivity index (χ3n) is 7.74. The first-order chi connectivity index (χ1) is 25.9. The van der Waals surface area contributed by atoms with E-state index in [1.807, 2.05) is 65.6 Å². The van der Waals surface area contributed by atoms with Crippen LogP contribution in [0.5, 0.6) is 0 Å². The Hall–Kier alpha value is -3.89. The highest BCUT2D eigenvalue weighted by Gasteiger charge is 2.31. The monoisotopic (exact) mass is 803 g/mol. The highest BCUT2D eigenvalue weighted by atomic mass is 16.3. The van der Waals surface area contributed by atoms with Gasteiger partial charge in [-0.3, -0.25) is 19.3 Å². The summed E-state index contributed by atoms with van der Waals surface area (Å²) in [6, 6.07) is 19.4. The van der Waals surface area contributed by atoms with Crippen molar-refractivity contribution in [3.8, 4) is 0 Å². The molecule has 0 spiro atoms. The molecular formula is C38H69N5O13. The van der Waals surface area contributed by atoms with Gasteiger partial charge < -0.3 is 72.7 Å². The van der Waals surface area contributed by atoms with Crippen LogP contribution in [-0.4, -0.2) is 170 Å². The molecule has 2 rings (SSSR count). The van der Waals surface area contributed by atoms with Crippen LogP contribution in [0.2, 0.25) is 0 Å². The van der Waals surface area contributed by atoms with Crippen LogP contribution in [0.1, 0.15) is 38.8 Å². The van der Waals surface area contributed by atoms with Crippen molar-refractivity contribution in [1.29, 1.82) is 0 Å². The second kappa shape index (κ2) is 34.4. The summed E-state index contributed by atoms with van der Waals surface area (Å²) >= 11 is 0. The minimum atomic E-state index is -1.51. The van der Waals surface area contributed by atoms with Gasteiger partial charge in [-0.15, -0.1) is 0 Å². The lowest BCUT2D eigenvalue weighted by atomic mass is 10.0. The third kappa shape index (κ3) is 23.2. The van der Waals surface area contributed by atoms with Gasteiger partial charge in [0.05, 0.1) is 59.5 Å². The van der Waals surface area contributed by atoms with Gasteiger partial charge in [0, 0.05) is 46.1 Å². The van der Waals surface area contributed by atoms with E-state index in [-0.39, 0.29) is 40.8 Å². The molecule has 324 valence electrons. The zero-order valence-corrected chi connectivity index (χ0v) is 30.9. The fourth-order valence-corrected chi connectivity index (χ4v) is 4.08. The van der Waals surface area contributed by atoms with E-state index in [1.54, 1.807) is 0 Å². The number of benzene rings is 2. The van der Waals surface area contributed by atoms with Gasteiger partial charge in [-0.1, -0.05) is 82.1 Å². The SMILES string of the molecule is C.C.C=CC(=O)NC(CO)(CO)CO.CO.NCc1ccccc1.O=C(CCN(CCC(=O)NC(CO)(CO)CO)Cc1ccccc1)NC(CO)(CO)CO. The van der Waals surface area contributed by atoms with E-state index in [9.17, 15) is 45.0 Å². The smallest absolute Gasteiger partial charge is 0.244 e. The minimum absolute atomic E-state index is 0. The van der Waals surface area contributed by atoms with E-state index in [0.29, 0.717) is 13.1 Å². The molecule has 2 aromatic rings. The first-order valence-electron chi connectivity index (χ1n) is 16.9. The van der Waals surface area contributed by atoms with Crippen LogP contribution >= 0.6 is 0 Å². The van der Waals surface area contributed by atoms with Crippen molar-refractivity contribution in [2.24, 2.45) is 5.73 Å². The lowest BCUT2D eigenvalue weighted by Crippen LogP contribution is -2.57. The Balaban J connectivity index is -0.000000460. The van der Waals surface area contributed by atoms with Gasteiger partial charge in [0.25, 0.3) is 0 Å². The van der Waals surface area contributed by atoms with E-state index in [1.165, 1.54) is 5.56 Å². The Morgan fingerprint density at radius 2 is 0.893 bits per heavy atom. The number of carbonyl (C=O) groups excluding carboxylic acids is 3. The lowest BCUT2D eigenvalue weighted by Gasteiger charge is -2.30. The molecule has 0 saturated heterocycles. The molecule has 0 aromatic heterocycles. The predicted molar refractivity (Wildman–Crippen MR) is 213 cm³/mol. The molecule has 0 radical (unpaired) electrons. The van der Waals surface area contributed by atoms with E-state index in [0.717, 1.165) is 18.7 Å². The zero-order chi connectivity index (χ0) is 41.5. The normalized spacial score (nSPS) is 10.7. The number of amides is 3. The van der Waals surface area contributed by atoms with Crippen molar-refractivity contribution in [2.75, 3.05) is 79.7 Å². The van der Waals surface area contributed by atoms with Crippen LogP contribution in [0, 0.1) is 0 Å². The molecule has 0 aliphatic heterocycles. The summed E-state index contributed by atoms with van der Waals surface area (Å²) in [5.74, 6) is -1.51. The molecule has 0 bridgehead atoms. The molecule has 0 atom stereocenters. The maximum atomic E-state index is 12.3. The fraction of sp³-hybridized carbons (Fsp3) is 0.553. The number of aliphatic hydroxyl groups excluding tert-OH is 10. The summed E-state index contributed by atoms with van der Waals surface area (Å²) in [6.45, 7) is -0.555. The van der Waals surface area contributed by atoms with Gasteiger partial charge in [-0.25, -0.2) is 0 Å². The first-order valence-corrected chi connectivity index (χ1v) is 16.9. The molecule has 0 aliphatic rings. The van der Waals surface area contributed by atoms with Crippen LogP contribution in [0.15, 0.2) is 73.3 Å². The molecule has 0 saturated carbocycles. The Bertz CT molecular complexity index is 1200. The Morgan fingerprint density at radius 3 is 1.16 bits per heavy atom. The largest absolute Gasteiger partial charge is 0.400 e. The summed E-state index contributed by atoms with van der Waals surface area (Å²) in [4.78, 5) is 37.2. The average molecular weight is 804 g/mol. The molecule has 0 unspecified atom stereocenters. The first kappa shape index (κ1) is 58.8. The molecule has 2 aromatic carbocycles. The van der Waals surface area contributed by atoms with Gasteiger partial charge in [-0.2, -0.15) is 0 Å². The molecule has 15 N–H and O–H groups in total. The van der Waals surface area contributed by atoms with E-state index < -0.39 is 93.8 Å². The van der Waals surface area contributed by atoms with Crippen molar-refractivity contribution in [3.63, 3.8) is 0 Å². The number of hydrogen-bond acceptors (Lipinski definition) is 15. The van der Waals surface area contributed by atoms with Gasteiger partial charge in [-0.05, 0) is 17.2 Å². The lowest BCUT2D eigenvalue weighted by molar-refractivity contribution is -0.126. The Morgan fingerprint density at radius 1 is 0.589 bits per heavy atom. The summed E-state index contributed by atoms with van der Waals surface area (Å²) in [5.41, 5.74) is 3.12. The summed E-state index contributed by atoms with van der Waals surface area (Å²) in [7, 11) is 1.00. The second-order valence-corrected chi connectivity index (χ2v) is 12.0. The van der Waals surface area contributed by atoms with Crippen molar-refractivity contribution in [1.82, 2.24) is 20.9 Å². The minimum Gasteiger partial charge on any atom is -0.400 e. The highest BCUT2D eigenvalue weighted by molar-refractivity contribution is 5.87. The number of nitrogens with two attached hydrogens (primary N) is 1.